The van der Waals surface area contributed by atoms with Crippen molar-refractivity contribution in [3.8, 4) is 16.9 Å². The number of nitrogens with zero attached hydrogens (tertiary/aromatic N) is 1. The van der Waals surface area contributed by atoms with Gasteiger partial charge in [-0.3, -0.25) is 0 Å². The summed E-state index contributed by atoms with van der Waals surface area (Å²) in [5, 5.41) is 10.6. The minimum absolute atomic E-state index is 0.429. The molecule has 1 saturated carbocycles. The van der Waals surface area contributed by atoms with Gasteiger partial charge in [0.1, 0.15) is 11.6 Å². The highest BCUT2D eigenvalue weighted by Gasteiger charge is 2.41. The van der Waals surface area contributed by atoms with Crippen LogP contribution in [0.5, 0.6) is 5.75 Å². The van der Waals surface area contributed by atoms with E-state index in [0.717, 1.165) is 45.7 Å². The molecule has 2 N–H and O–H groups in total. The molecule has 2 atom stereocenters. The number of imidazole rings is 1. The topological polar surface area (TPSA) is 58.1 Å². The molecule has 152 valence electrons. The van der Waals surface area contributed by atoms with E-state index in [1.54, 1.807) is 7.11 Å². The smallest absolute Gasteiger partial charge is 0.118 e. The number of hydrogen-bond donors (Lipinski definition) is 2. The number of benzene rings is 3. The van der Waals surface area contributed by atoms with Gasteiger partial charge in [0, 0.05) is 5.92 Å². The number of aromatic nitrogens is 2. The van der Waals surface area contributed by atoms with Crippen molar-refractivity contribution in [3.63, 3.8) is 0 Å². The predicted molar refractivity (Wildman–Crippen MR) is 120 cm³/mol. The monoisotopic (exact) mass is 398 g/mol. The molecule has 4 nitrogen and oxygen atoms in total. The largest absolute Gasteiger partial charge is 0.497 e. The Morgan fingerprint density at radius 3 is 2.50 bits per heavy atom. The lowest BCUT2D eigenvalue weighted by Crippen LogP contribution is -2.16. The Morgan fingerprint density at radius 1 is 1.00 bits per heavy atom. The Balaban J connectivity index is 1.44. The summed E-state index contributed by atoms with van der Waals surface area (Å²) >= 11 is 0. The summed E-state index contributed by atoms with van der Waals surface area (Å²) in [5.41, 5.74) is 5.50. The zero-order valence-corrected chi connectivity index (χ0v) is 17.5. The first-order valence-electron chi connectivity index (χ1n) is 10.4. The molecule has 1 aromatic heterocycles. The van der Waals surface area contributed by atoms with Gasteiger partial charge in [0.05, 0.1) is 23.7 Å². The van der Waals surface area contributed by atoms with E-state index in [9.17, 15) is 5.11 Å². The first-order valence-corrected chi connectivity index (χ1v) is 10.4. The zero-order chi connectivity index (χ0) is 20.9. The van der Waals surface area contributed by atoms with E-state index in [1.165, 1.54) is 5.56 Å². The van der Waals surface area contributed by atoms with E-state index < -0.39 is 5.60 Å². The number of nitrogens with one attached hydrogen (secondary N) is 1. The number of aliphatic hydroxyl groups is 1. The van der Waals surface area contributed by atoms with E-state index in [4.69, 9.17) is 9.72 Å². The van der Waals surface area contributed by atoms with Crippen molar-refractivity contribution in [3.05, 3.63) is 83.7 Å². The normalized spacial score (nSPS) is 18.5. The molecule has 0 spiro atoms. The van der Waals surface area contributed by atoms with Crippen LogP contribution >= 0.6 is 0 Å². The van der Waals surface area contributed by atoms with Gasteiger partial charge in [-0.25, -0.2) is 4.98 Å². The number of hydrogen-bond acceptors (Lipinski definition) is 3. The van der Waals surface area contributed by atoms with Gasteiger partial charge in [-0.15, -0.1) is 0 Å². The molecule has 0 amide bonds. The lowest BCUT2D eigenvalue weighted by atomic mass is 9.89. The summed E-state index contributed by atoms with van der Waals surface area (Å²) in [6, 6.07) is 22.7. The second kappa shape index (κ2) is 6.99. The van der Waals surface area contributed by atoms with E-state index in [-0.39, 0.29) is 0 Å². The van der Waals surface area contributed by atoms with Crippen molar-refractivity contribution in [1.29, 1.82) is 0 Å². The van der Waals surface area contributed by atoms with Gasteiger partial charge in [-0.2, -0.15) is 0 Å². The van der Waals surface area contributed by atoms with Crippen molar-refractivity contribution < 1.29 is 9.84 Å². The van der Waals surface area contributed by atoms with Gasteiger partial charge in [-0.05, 0) is 72.7 Å². The average molecular weight is 399 g/mol. The fourth-order valence-corrected chi connectivity index (χ4v) is 4.36. The molecular weight excluding hydrogens is 372 g/mol. The van der Waals surface area contributed by atoms with Gasteiger partial charge in [0.2, 0.25) is 0 Å². The second-order valence-electron chi connectivity index (χ2n) is 8.68. The van der Waals surface area contributed by atoms with Crippen LogP contribution in [0.15, 0.2) is 66.7 Å². The van der Waals surface area contributed by atoms with Gasteiger partial charge in [-0.1, -0.05) is 42.5 Å². The molecule has 1 fully saturated rings. The third kappa shape index (κ3) is 3.37. The maximum Gasteiger partial charge on any atom is 0.118 e. The van der Waals surface area contributed by atoms with Crippen molar-refractivity contribution in [2.45, 2.75) is 37.7 Å². The standard InChI is InChI=1S/C26H26N2O2/c1-26(2,29)22-7-5-4-6-19(22)17-10-13-23-24(14-17)28-25(27-23)21-15-20(21)16-8-11-18(30-3)12-9-16/h4-14,20-21,29H,15H2,1-3H3,(H,27,28). The number of methoxy groups -OCH3 is 1. The third-order valence-corrected chi connectivity index (χ3v) is 6.08. The lowest BCUT2D eigenvalue weighted by molar-refractivity contribution is 0.0792. The van der Waals surface area contributed by atoms with Crippen molar-refractivity contribution >= 4 is 11.0 Å². The molecule has 4 heteroatoms. The van der Waals surface area contributed by atoms with Gasteiger partial charge in [0.25, 0.3) is 0 Å². The highest BCUT2D eigenvalue weighted by molar-refractivity contribution is 5.83. The SMILES string of the molecule is COc1ccc(C2CC2c2nc3ccc(-c4ccccc4C(C)(C)O)cc3[nH]2)cc1. The molecule has 1 aliphatic carbocycles. The second-order valence-corrected chi connectivity index (χ2v) is 8.68. The molecule has 0 bridgehead atoms. The number of H-pyrrole nitrogens is 1. The van der Waals surface area contributed by atoms with Crippen molar-refractivity contribution in [1.82, 2.24) is 9.97 Å². The molecule has 1 heterocycles. The lowest BCUT2D eigenvalue weighted by Gasteiger charge is -2.21. The summed E-state index contributed by atoms with van der Waals surface area (Å²) < 4.78 is 5.26. The van der Waals surface area contributed by atoms with Crippen LogP contribution in [0.4, 0.5) is 0 Å². The fourth-order valence-electron chi connectivity index (χ4n) is 4.36. The number of rotatable bonds is 5. The summed E-state index contributed by atoms with van der Waals surface area (Å²) in [4.78, 5) is 8.41. The summed E-state index contributed by atoms with van der Waals surface area (Å²) in [7, 11) is 1.69. The molecule has 0 saturated heterocycles. The first kappa shape index (κ1) is 18.9. The number of aromatic amines is 1. The fraction of sp³-hybridized carbons (Fsp3) is 0.269. The molecule has 5 rings (SSSR count). The zero-order valence-electron chi connectivity index (χ0n) is 17.5. The Hall–Kier alpha value is -3.11. The van der Waals surface area contributed by atoms with Crippen molar-refractivity contribution in [2.75, 3.05) is 7.11 Å². The maximum atomic E-state index is 10.6. The van der Waals surface area contributed by atoms with Gasteiger partial charge in [0.15, 0.2) is 0 Å². The number of ether oxygens (including phenoxy) is 1. The van der Waals surface area contributed by atoms with Crippen molar-refractivity contribution in [2.24, 2.45) is 0 Å². The minimum Gasteiger partial charge on any atom is -0.497 e. The summed E-state index contributed by atoms with van der Waals surface area (Å²) in [6.07, 6.45) is 1.11. The molecule has 3 aromatic carbocycles. The van der Waals surface area contributed by atoms with Gasteiger partial charge >= 0.3 is 0 Å². The highest BCUT2D eigenvalue weighted by Crippen LogP contribution is 2.54. The van der Waals surface area contributed by atoms with Crippen LogP contribution in [-0.2, 0) is 5.60 Å². The van der Waals surface area contributed by atoms with Crippen LogP contribution in [0.25, 0.3) is 22.2 Å². The van der Waals surface area contributed by atoms with Gasteiger partial charge < -0.3 is 14.8 Å². The van der Waals surface area contributed by atoms with E-state index in [0.29, 0.717) is 11.8 Å². The number of fused-ring (bicyclic) bond motifs is 1. The predicted octanol–water partition coefficient (Wildman–Crippen LogP) is 5.74. The quantitative estimate of drug-likeness (QED) is 0.451. The first-order chi connectivity index (χ1) is 14.4. The average Bonchev–Trinajstić information content (AvgIpc) is 3.44. The van der Waals surface area contributed by atoms with Crippen LogP contribution in [0.2, 0.25) is 0 Å². The molecule has 2 unspecified atom stereocenters. The summed E-state index contributed by atoms with van der Waals surface area (Å²) in [5.74, 6) is 2.88. The Labute approximate surface area is 176 Å². The molecule has 1 aliphatic rings. The summed E-state index contributed by atoms with van der Waals surface area (Å²) in [6.45, 7) is 3.65. The highest BCUT2D eigenvalue weighted by atomic mass is 16.5. The van der Waals surface area contributed by atoms with E-state index in [2.05, 4.69) is 41.4 Å². The van der Waals surface area contributed by atoms with Crippen LogP contribution in [0.1, 0.15) is 49.1 Å². The molecule has 30 heavy (non-hydrogen) atoms. The van der Waals surface area contributed by atoms with E-state index >= 15 is 0 Å². The minimum atomic E-state index is -0.899. The Bertz CT molecular complexity index is 1200. The van der Waals surface area contributed by atoms with Crippen LogP contribution in [-0.4, -0.2) is 22.2 Å². The van der Waals surface area contributed by atoms with Crippen LogP contribution < -0.4 is 4.74 Å². The molecular formula is C26H26N2O2. The third-order valence-electron chi connectivity index (χ3n) is 6.08. The Kier molecular flexibility index (Phi) is 4.40. The van der Waals surface area contributed by atoms with Crippen LogP contribution in [0.3, 0.4) is 0 Å². The molecule has 0 radical (unpaired) electrons. The Morgan fingerprint density at radius 2 is 1.77 bits per heavy atom. The molecule has 4 aromatic rings. The maximum absolute atomic E-state index is 10.6. The van der Waals surface area contributed by atoms with Crippen LogP contribution in [0, 0.1) is 0 Å². The van der Waals surface area contributed by atoms with E-state index in [1.807, 2.05) is 44.2 Å². The molecule has 0 aliphatic heterocycles.